The molecule has 1 aliphatic heterocycles. The zero-order valence-corrected chi connectivity index (χ0v) is 19.3. The van der Waals surface area contributed by atoms with Gasteiger partial charge in [0.2, 0.25) is 0 Å². The summed E-state index contributed by atoms with van der Waals surface area (Å²) < 4.78 is 0. The summed E-state index contributed by atoms with van der Waals surface area (Å²) in [5.74, 6) is -1.24. The van der Waals surface area contributed by atoms with Gasteiger partial charge in [0.1, 0.15) is 6.07 Å². The molecule has 0 bridgehead atoms. The van der Waals surface area contributed by atoms with E-state index in [0.29, 0.717) is 12.0 Å². The highest BCUT2D eigenvalue weighted by Gasteiger charge is 2.28. The molecular weight excluding hydrogens is 424 g/mol. The molecule has 6 heteroatoms. The Morgan fingerprint density at radius 1 is 1.09 bits per heavy atom. The predicted octanol–water partition coefficient (Wildman–Crippen LogP) is 4.92. The number of nitrogens with one attached hydrogen (secondary N) is 3. The predicted molar refractivity (Wildman–Crippen MR) is 135 cm³/mol. The van der Waals surface area contributed by atoms with Crippen LogP contribution in [0.3, 0.4) is 0 Å². The lowest BCUT2D eigenvalue weighted by Crippen LogP contribution is -2.44. The van der Waals surface area contributed by atoms with E-state index >= 15 is 0 Å². The first-order valence-corrected chi connectivity index (χ1v) is 11.7. The Bertz CT molecular complexity index is 1160. The Hall–Kier alpha value is -3.82. The maximum absolute atomic E-state index is 11.4. The largest absolute Gasteiger partial charge is 0.481 e. The zero-order chi connectivity index (χ0) is 23.9. The molecule has 0 amide bonds. The van der Waals surface area contributed by atoms with Gasteiger partial charge in [0.25, 0.3) is 0 Å². The van der Waals surface area contributed by atoms with Crippen LogP contribution in [0.1, 0.15) is 47.6 Å². The van der Waals surface area contributed by atoms with Gasteiger partial charge in [-0.2, -0.15) is 5.26 Å². The van der Waals surface area contributed by atoms with Crippen LogP contribution < -0.4 is 16.0 Å². The second kappa shape index (κ2) is 10.9. The molecule has 0 unspecified atom stereocenters. The molecule has 4 N–H and O–H groups in total. The molecule has 0 spiro atoms. The number of rotatable bonds is 9. The fourth-order valence-corrected chi connectivity index (χ4v) is 4.60. The number of para-hydroxylation sites is 1. The lowest BCUT2D eigenvalue weighted by molar-refractivity contribution is -0.138. The van der Waals surface area contributed by atoms with Crippen molar-refractivity contribution < 1.29 is 9.90 Å². The molecular formula is C28H30N4O2. The van der Waals surface area contributed by atoms with Crippen molar-refractivity contribution in [1.29, 1.82) is 5.26 Å². The summed E-state index contributed by atoms with van der Waals surface area (Å²) in [5, 5.41) is 29.7. The van der Waals surface area contributed by atoms with Crippen LogP contribution >= 0.6 is 0 Å². The average Bonchev–Trinajstić information content (AvgIpc) is 2.87. The number of benzene rings is 3. The van der Waals surface area contributed by atoms with Gasteiger partial charge in [-0.05, 0) is 48.2 Å². The third-order valence-corrected chi connectivity index (χ3v) is 6.45. The number of anilines is 2. The quantitative estimate of drug-likeness (QED) is 0.367. The van der Waals surface area contributed by atoms with Crippen LogP contribution in [-0.2, 0) is 11.2 Å². The molecule has 0 saturated heterocycles. The third kappa shape index (κ3) is 5.22. The molecule has 6 nitrogen and oxygen atoms in total. The van der Waals surface area contributed by atoms with Crippen molar-refractivity contribution in [2.24, 2.45) is 0 Å². The minimum Gasteiger partial charge on any atom is -0.481 e. The molecule has 0 aromatic heterocycles. The summed E-state index contributed by atoms with van der Waals surface area (Å²) in [6.07, 6.45) is 1.40. The molecule has 1 heterocycles. The standard InChI is InChI=1S/C28H30N4O2/c1-2-23(28(33)34)20-13-11-19(12-14-20)15-16-30-26(21-7-4-3-5-8-21)25-18-31-24-10-6-9-22(17-29)27(24)32-25/h3-14,23,25-26,30-32H,2,15-16,18H2,1H3,(H,33,34)/t23-,25-,26-/m1/s1. The molecule has 0 saturated carbocycles. The van der Waals surface area contributed by atoms with E-state index < -0.39 is 11.9 Å². The van der Waals surface area contributed by atoms with Gasteiger partial charge in [0.15, 0.2) is 0 Å². The van der Waals surface area contributed by atoms with E-state index in [1.54, 1.807) is 0 Å². The van der Waals surface area contributed by atoms with E-state index in [2.05, 4.69) is 34.2 Å². The van der Waals surface area contributed by atoms with E-state index in [4.69, 9.17) is 0 Å². The molecule has 3 aromatic rings. The summed E-state index contributed by atoms with van der Waals surface area (Å²) in [6.45, 7) is 3.39. The van der Waals surface area contributed by atoms with Crippen LogP contribution in [0, 0.1) is 11.3 Å². The van der Waals surface area contributed by atoms with Crippen molar-refractivity contribution in [2.45, 2.75) is 37.8 Å². The first-order valence-electron chi connectivity index (χ1n) is 11.7. The Morgan fingerprint density at radius 2 is 1.85 bits per heavy atom. The van der Waals surface area contributed by atoms with Gasteiger partial charge in [-0.25, -0.2) is 0 Å². The summed E-state index contributed by atoms with van der Waals surface area (Å²) in [5.41, 5.74) is 5.63. The minimum absolute atomic E-state index is 0.0457. The Morgan fingerprint density at radius 3 is 2.53 bits per heavy atom. The second-order valence-corrected chi connectivity index (χ2v) is 8.60. The first-order chi connectivity index (χ1) is 16.6. The highest BCUT2D eigenvalue weighted by molar-refractivity contribution is 5.77. The first kappa shape index (κ1) is 23.3. The van der Waals surface area contributed by atoms with Crippen LogP contribution in [-0.4, -0.2) is 30.2 Å². The third-order valence-electron chi connectivity index (χ3n) is 6.45. The summed E-state index contributed by atoms with van der Waals surface area (Å²) >= 11 is 0. The fraction of sp³-hybridized carbons (Fsp3) is 0.286. The van der Waals surface area contributed by atoms with E-state index in [1.807, 2.05) is 67.6 Å². The monoisotopic (exact) mass is 454 g/mol. The minimum atomic E-state index is -0.780. The number of carbonyl (C=O) groups is 1. The highest BCUT2D eigenvalue weighted by atomic mass is 16.4. The Kier molecular flexibility index (Phi) is 7.46. The molecule has 0 aliphatic carbocycles. The number of carboxylic acid groups (broad SMARTS) is 1. The summed E-state index contributed by atoms with van der Waals surface area (Å²) in [6, 6.07) is 26.3. The average molecular weight is 455 g/mol. The molecule has 0 fully saturated rings. The number of carboxylic acids is 1. The Balaban J connectivity index is 1.46. The molecule has 4 rings (SSSR count). The van der Waals surface area contributed by atoms with Crippen LogP contribution in [0.15, 0.2) is 72.8 Å². The fourth-order valence-electron chi connectivity index (χ4n) is 4.60. The molecule has 3 atom stereocenters. The molecule has 3 aromatic carbocycles. The van der Waals surface area contributed by atoms with Crippen molar-refractivity contribution >= 4 is 17.3 Å². The van der Waals surface area contributed by atoms with Gasteiger partial charge < -0.3 is 21.1 Å². The van der Waals surface area contributed by atoms with Crippen molar-refractivity contribution in [3.8, 4) is 6.07 Å². The summed E-state index contributed by atoms with van der Waals surface area (Å²) in [4.78, 5) is 11.4. The topological polar surface area (TPSA) is 97.2 Å². The second-order valence-electron chi connectivity index (χ2n) is 8.60. The number of hydrogen-bond donors (Lipinski definition) is 4. The van der Waals surface area contributed by atoms with Crippen LogP contribution in [0.25, 0.3) is 0 Å². The van der Waals surface area contributed by atoms with Crippen LogP contribution in [0.2, 0.25) is 0 Å². The normalized spacial score (nSPS) is 16.3. The SMILES string of the molecule is CC[C@@H](C(=O)O)c1ccc(CCN[C@H](c2ccccc2)[C@H]2CNc3cccc(C#N)c3N2)cc1. The number of nitriles is 1. The zero-order valence-electron chi connectivity index (χ0n) is 19.3. The van der Waals surface area contributed by atoms with Gasteiger partial charge in [0.05, 0.1) is 34.9 Å². The van der Waals surface area contributed by atoms with E-state index in [1.165, 1.54) is 5.56 Å². The van der Waals surface area contributed by atoms with E-state index in [-0.39, 0.29) is 12.1 Å². The van der Waals surface area contributed by atoms with Gasteiger partial charge >= 0.3 is 5.97 Å². The van der Waals surface area contributed by atoms with Crippen molar-refractivity contribution in [2.75, 3.05) is 23.7 Å². The van der Waals surface area contributed by atoms with Crippen LogP contribution in [0.5, 0.6) is 0 Å². The molecule has 1 aliphatic rings. The molecule has 174 valence electrons. The van der Waals surface area contributed by atoms with Crippen LogP contribution in [0.4, 0.5) is 11.4 Å². The number of hydrogen-bond acceptors (Lipinski definition) is 5. The van der Waals surface area contributed by atoms with Gasteiger partial charge in [-0.3, -0.25) is 4.79 Å². The summed E-state index contributed by atoms with van der Waals surface area (Å²) in [7, 11) is 0. The molecule has 0 radical (unpaired) electrons. The lowest BCUT2D eigenvalue weighted by atomic mass is 9.94. The number of aliphatic carboxylic acids is 1. The van der Waals surface area contributed by atoms with Crippen molar-refractivity contribution in [3.63, 3.8) is 0 Å². The van der Waals surface area contributed by atoms with Gasteiger partial charge in [-0.1, -0.05) is 67.6 Å². The molecule has 34 heavy (non-hydrogen) atoms. The van der Waals surface area contributed by atoms with Gasteiger partial charge in [0, 0.05) is 6.54 Å². The maximum atomic E-state index is 11.4. The van der Waals surface area contributed by atoms with Gasteiger partial charge in [-0.15, -0.1) is 0 Å². The van der Waals surface area contributed by atoms with Crippen molar-refractivity contribution in [3.05, 3.63) is 95.1 Å². The maximum Gasteiger partial charge on any atom is 0.310 e. The lowest BCUT2D eigenvalue weighted by Gasteiger charge is -2.35. The Labute approximate surface area is 200 Å². The van der Waals surface area contributed by atoms with E-state index in [0.717, 1.165) is 42.0 Å². The smallest absolute Gasteiger partial charge is 0.310 e. The highest BCUT2D eigenvalue weighted by Crippen LogP contribution is 2.33. The van der Waals surface area contributed by atoms with Crippen molar-refractivity contribution in [1.82, 2.24) is 5.32 Å². The number of nitrogens with zero attached hydrogens (tertiary/aromatic N) is 1. The van der Waals surface area contributed by atoms with E-state index in [9.17, 15) is 15.2 Å². The number of fused-ring (bicyclic) bond motifs is 1.